The molecule has 1 aromatic carbocycles. The lowest BCUT2D eigenvalue weighted by atomic mass is 9.95. The highest BCUT2D eigenvalue weighted by Gasteiger charge is 2.22. The normalized spacial score (nSPS) is 13.8. The maximum absolute atomic E-state index is 12.5. The van der Waals surface area contributed by atoms with Gasteiger partial charge in [-0.2, -0.15) is 0 Å². The lowest BCUT2D eigenvalue weighted by Gasteiger charge is -2.20. The summed E-state index contributed by atoms with van der Waals surface area (Å²) in [6.07, 6.45) is 3.67. The summed E-state index contributed by atoms with van der Waals surface area (Å²) in [4.78, 5) is 16.8. The molecule has 1 atom stereocenters. The standard InChI is InChI=1S/C19H19ClN2O3/c1-19(25,11-23)13-5-3-12(4-6-13)18(24)8-14-7-17-15(9-21-14)16(20)10-22(17)2/h3-7,9-10,23,25H,8,11H2,1-2H3/t19-/m0/s1. The van der Waals surface area contributed by atoms with E-state index in [2.05, 4.69) is 4.98 Å². The summed E-state index contributed by atoms with van der Waals surface area (Å²) in [7, 11) is 1.89. The summed E-state index contributed by atoms with van der Waals surface area (Å²) in [6.45, 7) is 1.14. The van der Waals surface area contributed by atoms with Crippen LogP contribution in [0.2, 0.25) is 5.02 Å². The van der Waals surface area contributed by atoms with Gasteiger partial charge in [0.25, 0.3) is 0 Å². The number of pyridine rings is 1. The van der Waals surface area contributed by atoms with E-state index in [-0.39, 0.29) is 18.8 Å². The Morgan fingerprint density at radius 1 is 1.32 bits per heavy atom. The highest BCUT2D eigenvalue weighted by molar-refractivity contribution is 6.35. The van der Waals surface area contributed by atoms with Crippen molar-refractivity contribution in [2.24, 2.45) is 7.05 Å². The van der Waals surface area contributed by atoms with E-state index in [0.29, 0.717) is 21.8 Å². The van der Waals surface area contributed by atoms with E-state index in [1.165, 1.54) is 6.92 Å². The second-order valence-corrected chi connectivity index (χ2v) is 6.80. The predicted octanol–water partition coefficient (Wildman–Crippen LogP) is 2.85. The summed E-state index contributed by atoms with van der Waals surface area (Å²) >= 11 is 6.13. The number of hydrogen-bond acceptors (Lipinski definition) is 4. The van der Waals surface area contributed by atoms with Gasteiger partial charge in [-0.25, -0.2) is 0 Å². The summed E-state index contributed by atoms with van der Waals surface area (Å²) in [5.74, 6) is -0.0673. The molecule has 0 saturated heterocycles. The third kappa shape index (κ3) is 3.44. The molecule has 130 valence electrons. The number of carbonyl (C=O) groups excluding carboxylic acids is 1. The van der Waals surface area contributed by atoms with Gasteiger partial charge in [0.2, 0.25) is 0 Å². The average molecular weight is 359 g/mol. The van der Waals surface area contributed by atoms with Crippen LogP contribution in [0.25, 0.3) is 10.9 Å². The van der Waals surface area contributed by atoms with Crippen molar-refractivity contribution >= 4 is 28.3 Å². The fraction of sp³-hybridized carbons (Fsp3) is 0.263. The maximum Gasteiger partial charge on any atom is 0.168 e. The molecular formula is C19H19ClN2O3. The van der Waals surface area contributed by atoms with Crippen molar-refractivity contribution < 1.29 is 15.0 Å². The van der Waals surface area contributed by atoms with Gasteiger partial charge < -0.3 is 14.8 Å². The summed E-state index contributed by atoms with van der Waals surface area (Å²) in [6, 6.07) is 8.47. The Labute approximate surface area is 150 Å². The Morgan fingerprint density at radius 2 is 2.00 bits per heavy atom. The van der Waals surface area contributed by atoms with E-state index in [0.717, 1.165) is 10.9 Å². The summed E-state index contributed by atoms with van der Waals surface area (Å²) in [5, 5.41) is 20.7. The number of aromatic nitrogens is 2. The van der Waals surface area contributed by atoms with Crippen LogP contribution in [0.3, 0.4) is 0 Å². The molecule has 3 aromatic rings. The Balaban J connectivity index is 1.81. The summed E-state index contributed by atoms with van der Waals surface area (Å²) in [5.41, 5.74) is 1.37. The molecule has 0 unspecified atom stereocenters. The molecule has 0 spiro atoms. The molecule has 3 rings (SSSR count). The Hall–Kier alpha value is -2.21. The number of fused-ring (bicyclic) bond motifs is 1. The lowest BCUT2D eigenvalue weighted by Crippen LogP contribution is -2.25. The van der Waals surface area contributed by atoms with Gasteiger partial charge in [0.05, 0.1) is 29.3 Å². The Bertz CT molecular complexity index is 930. The molecule has 2 aromatic heterocycles. The van der Waals surface area contributed by atoms with Crippen LogP contribution < -0.4 is 0 Å². The van der Waals surface area contributed by atoms with E-state index in [4.69, 9.17) is 11.6 Å². The number of rotatable bonds is 5. The van der Waals surface area contributed by atoms with Gasteiger partial charge in [0.15, 0.2) is 5.78 Å². The van der Waals surface area contributed by atoms with Crippen molar-refractivity contribution in [3.63, 3.8) is 0 Å². The second kappa shape index (κ2) is 6.59. The van der Waals surface area contributed by atoms with Crippen molar-refractivity contribution in [1.82, 2.24) is 9.55 Å². The molecule has 0 saturated carbocycles. The van der Waals surface area contributed by atoms with Gasteiger partial charge in [0, 0.05) is 30.4 Å². The minimum absolute atomic E-state index is 0.0673. The number of aliphatic hydroxyl groups excluding tert-OH is 1. The fourth-order valence-electron chi connectivity index (χ4n) is 2.74. The first-order valence-corrected chi connectivity index (χ1v) is 8.26. The van der Waals surface area contributed by atoms with E-state index in [1.807, 2.05) is 23.9 Å². The fourth-order valence-corrected chi connectivity index (χ4v) is 3.03. The van der Waals surface area contributed by atoms with Crippen molar-refractivity contribution in [3.8, 4) is 0 Å². The first-order chi connectivity index (χ1) is 11.8. The predicted molar refractivity (Wildman–Crippen MR) is 96.9 cm³/mol. The minimum atomic E-state index is -1.32. The molecule has 0 aliphatic heterocycles. The zero-order chi connectivity index (χ0) is 18.2. The van der Waals surface area contributed by atoms with Gasteiger partial charge in [-0.15, -0.1) is 0 Å². The van der Waals surface area contributed by atoms with Crippen molar-refractivity contribution in [2.45, 2.75) is 18.9 Å². The van der Waals surface area contributed by atoms with Crippen LogP contribution in [-0.2, 0) is 19.1 Å². The number of carbonyl (C=O) groups is 1. The molecule has 0 aliphatic carbocycles. The van der Waals surface area contributed by atoms with E-state index in [1.54, 1.807) is 30.5 Å². The number of Topliss-reactive ketones (excluding diaryl/α,β-unsaturated/α-hetero) is 1. The number of nitrogens with zero attached hydrogens (tertiary/aromatic N) is 2. The first kappa shape index (κ1) is 17.6. The molecule has 2 heterocycles. The Morgan fingerprint density at radius 3 is 2.64 bits per heavy atom. The second-order valence-electron chi connectivity index (χ2n) is 6.39. The minimum Gasteiger partial charge on any atom is -0.393 e. The SMILES string of the molecule is Cn1cc(Cl)c2cnc(CC(=O)c3ccc([C@@](C)(O)CO)cc3)cc21. The lowest BCUT2D eigenvalue weighted by molar-refractivity contribution is -0.00229. The van der Waals surface area contributed by atoms with Crippen molar-refractivity contribution in [1.29, 1.82) is 0 Å². The highest BCUT2D eigenvalue weighted by atomic mass is 35.5. The largest absolute Gasteiger partial charge is 0.393 e. The number of halogens is 1. The van der Waals surface area contributed by atoms with Crippen molar-refractivity contribution in [3.05, 3.63) is 64.6 Å². The molecule has 5 nitrogen and oxygen atoms in total. The zero-order valence-corrected chi connectivity index (χ0v) is 14.8. The quantitative estimate of drug-likeness (QED) is 0.688. The van der Waals surface area contributed by atoms with Crippen LogP contribution in [-0.4, -0.2) is 32.2 Å². The molecule has 0 fully saturated rings. The molecule has 0 bridgehead atoms. The molecule has 6 heteroatoms. The maximum atomic E-state index is 12.5. The van der Waals surface area contributed by atoms with Crippen LogP contribution in [0.4, 0.5) is 0 Å². The molecular weight excluding hydrogens is 340 g/mol. The Kier molecular flexibility index (Phi) is 4.64. The van der Waals surface area contributed by atoms with Crippen LogP contribution >= 0.6 is 11.6 Å². The topological polar surface area (TPSA) is 75.4 Å². The van der Waals surface area contributed by atoms with Crippen LogP contribution in [0.1, 0.15) is 28.5 Å². The van der Waals surface area contributed by atoms with Gasteiger partial charge in [-0.1, -0.05) is 35.9 Å². The monoisotopic (exact) mass is 358 g/mol. The van der Waals surface area contributed by atoms with E-state index < -0.39 is 5.60 Å². The number of ketones is 1. The third-order valence-corrected chi connectivity index (χ3v) is 4.66. The van der Waals surface area contributed by atoms with Gasteiger partial charge >= 0.3 is 0 Å². The van der Waals surface area contributed by atoms with Crippen LogP contribution in [0.5, 0.6) is 0 Å². The molecule has 0 radical (unpaired) electrons. The van der Waals surface area contributed by atoms with Crippen molar-refractivity contribution in [2.75, 3.05) is 6.61 Å². The van der Waals surface area contributed by atoms with Gasteiger partial charge in [0.1, 0.15) is 5.60 Å². The first-order valence-electron chi connectivity index (χ1n) is 7.88. The number of aryl methyl sites for hydroxylation is 1. The van der Waals surface area contributed by atoms with E-state index in [9.17, 15) is 15.0 Å². The van der Waals surface area contributed by atoms with E-state index >= 15 is 0 Å². The van der Waals surface area contributed by atoms with Crippen LogP contribution in [0.15, 0.2) is 42.7 Å². The highest BCUT2D eigenvalue weighted by Crippen LogP contribution is 2.25. The third-order valence-electron chi connectivity index (χ3n) is 4.36. The smallest absolute Gasteiger partial charge is 0.168 e. The molecule has 25 heavy (non-hydrogen) atoms. The molecule has 0 amide bonds. The molecule has 2 N–H and O–H groups in total. The molecule has 0 aliphatic rings. The number of aliphatic hydroxyl groups is 2. The number of benzene rings is 1. The van der Waals surface area contributed by atoms with Gasteiger partial charge in [-0.3, -0.25) is 9.78 Å². The van der Waals surface area contributed by atoms with Gasteiger partial charge in [-0.05, 0) is 18.6 Å². The average Bonchev–Trinajstić information content (AvgIpc) is 2.89. The number of hydrogen-bond donors (Lipinski definition) is 2. The zero-order valence-electron chi connectivity index (χ0n) is 14.0. The van der Waals surface area contributed by atoms with Crippen LogP contribution in [0, 0.1) is 0 Å². The summed E-state index contributed by atoms with van der Waals surface area (Å²) < 4.78 is 1.90.